The Kier molecular flexibility index (Phi) is 6.87. The molecule has 0 radical (unpaired) electrons. The van der Waals surface area contributed by atoms with Gasteiger partial charge in [-0.25, -0.2) is 0 Å². The van der Waals surface area contributed by atoms with Crippen LogP contribution in [0.1, 0.15) is 82.8 Å². The van der Waals surface area contributed by atoms with Crippen LogP contribution in [0.5, 0.6) is 0 Å². The van der Waals surface area contributed by atoms with Gasteiger partial charge in [-0.05, 0) is 66.6 Å². The predicted molar refractivity (Wildman–Crippen MR) is 123 cm³/mol. The minimum Gasteiger partial charge on any atom is -0.329 e. The second kappa shape index (κ2) is 8.80. The van der Waals surface area contributed by atoms with Crippen molar-refractivity contribution in [3.8, 4) is 9.75 Å². The van der Waals surface area contributed by atoms with Gasteiger partial charge in [-0.2, -0.15) is 0 Å². The largest absolute Gasteiger partial charge is 0.329 e. The molecule has 1 unspecified atom stereocenters. The summed E-state index contributed by atoms with van der Waals surface area (Å²) in [5, 5.41) is 4.65. The van der Waals surface area contributed by atoms with Crippen LogP contribution in [-0.4, -0.2) is 31.7 Å². The summed E-state index contributed by atoms with van der Waals surface area (Å²) >= 11 is 3.92. The van der Waals surface area contributed by atoms with E-state index in [9.17, 15) is 0 Å². The minimum atomic E-state index is 0.304. The minimum absolute atomic E-state index is 0.304. The summed E-state index contributed by atoms with van der Waals surface area (Å²) in [6.07, 6.45) is 12.2. The number of nitrogens with zero attached hydrogens (tertiary/aromatic N) is 1. The van der Waals surface area contributed by atoms with E-state index in [0.29, 0.717) is 5.41 Å². The molecule has 1 aliphatic carbocycles. The van der Waals surface area contributed by atoms with Crippen LogP contribution < -0.4 is 0 Å². The van der Waals surface area contributed by atoms with Gasteiger partial charge in [0, 0.05) is 15.2 Å². The zero-order valence-electron chi connectivity index (χ0n) is 18.0. The topological polar surface area (TPSA) is 0 Å². The molecule has 0 amide bonds. The van der Waals surface area contributed by atoms with E-state index in [0.717, 1.165) is 10.5 Å². The summed E-state index contributed by atoms with van der Waals surface area (Å²) in [7, 11) is 6.98. The van der Waals surface area contributed by atoms with E-state index in [2.05, 4.69) is 57.9 Å². The normalized spacial score (nSPS) is 16.3. The van der Waals surface area contributed by atoms with E-state index in [-0.39, 0.29) is 0 Å². The van der Waals surface area contributed by atoms with Crippen LogP contribution in [0.3, 0.4) is 0 Å². The van der Waals surface area contributed by atoms with Crippen molar-refractivity contribution in [2.45, 2.75) is 83.1 Å². The molecule has 0 spiro atoms. The summed E-state index contributed by atoms with van der Waals surface area (Å²) < 4.78 is 1.07. The van der Waals surface area contributed by atoms with Gasteiger partial charge in [0.2, 0.25) is 0 Å². The number of rotatable bonds is 11. The summed E-state index contributed by atoms with van der Waals surface area (Å²) in [6.45, 7) is 4.72. The third-order valence-corrected chi connectivity index (χ3v) is 8.82. The summed E-state index contributed by atoms with van der Waals surface area (Å²) in [4.78, 5) is 3.16. The number of fused-ring (bicyclic) bond motifs is 3. The number of thiophene rings is 2. The summed E-state index contributed by atoms with van der Waals surface area (Å²) in [6, 6.07) is 5.63. The van der Waals surface area contributed by atoms with Crippen LogP contribution >= 0.6 is 22.7 Å². The first kappa shape index (κ1) is 21.1. The van der Waals surface area contributed by atoms with Gasteiger partial charge >= 0.3 is 0 Å². The van der Waals surface area contributed by atoms with E-state index in [1.807, 2.05) is 22.7 Å². The highest BCUT2D eigenvalue weighted by atomic mass is 32.1. The van der Waals surface area contributed by atoms with Crippen LogP contribution in [0.4, 0.5) is 0 Å². The number of hydrogen-bond donors (Lipinski definition) is 0. The van der Waals surface area contributed by atoms with Gasteiger partial charge in [0.05, 0.1) is 27.2 Å². The maximum absolute atomic E-state index is 2.45. The fraction of sp³-hybridized carbons (Fsp3) is 0.667. The summed E-state index contributed by atoms with van der Waals surface area (Å²) in [5.74, 6) is 0. The zero-order chi connectivity index (χ0) is 19.5. The highest BCUT2D eigenvalue weighted by Crippen LogP contribution is 2.57. The predicted octanol–water partition coefficient (Wildman–Crippen LogP) is 7.70. The smallest absolute Gasteiger partial charge is 0.0855 e. The monoisotopic (exact) mass is 404 g/mol. The first-order chi connectivity index (χ1) is 12.9. The molecule has 2 heterocycles. The lowest BCUT2D eigenvalue weighted by Gasteiger charge is -2.33. The Bertz CT molecular complexity index is 679. The standard InChI is InChI=1S/C24H38NS2/c1-6-7-8-10-15-24(16-11-9-12-19(2)25(3,4)5)20-13-17-26-22(20)23-21(24)14-18-27-23/h13-14,17-19H,6-12,15-16H2,1-5H3/q+1. The number of quaternary nitrogens is 1. The molecule has 0 N–H and O–H groups in total. The molecule has 1 atom stereocenters. The molecule has 1 nitrogen and oxygen atoms in total. The molecule has 2 aromatic heterocycles. The Morgan fingerprint density at radius 1 is 0.852 bits per heavy atom. The molecule has 3 heteroatoms. The SMILES string of the molecule is CCCCCCC1(CCCCC(C)[N+](C)(C)C)c2ccsc2-c2sccc21. The van der Waals surface area contributed by atoms with Crippen molar-refractivity contribution in [3.05, 3.63) is 34.0 Å². The average molecular weight is 405 g/mol. The molecule has 0 bridgehead atoms. The van der Waals surface area contributed by atoms with Crippen LogP contribution in [-0.2, 0) is 5.41 Å². The summed E-state index contributed by atoms with van der Waals surface area (Å²) in [5.41, 5.74) is 3.62. The molecule has 0 saturated carbocycles. The average Bonchev–Trinajstić information content (AvgIpc) is 3.31. The van der Waals surface area contributed by atoms with E-state index in [1.165, 1.54) is 57.8 Å². The van der Waals surface area contributed by atoms with Crippen molar-refractivity contribution in [1.82, 2.24) is 0 Å². The Morgan fingerprint density at radius 2 is 1.41 bits per heavy atom. The Labute approximate surface area is 175 Å². The van der Waals surface area contributed by atoms with Gasteiger partial charge in [0.25, 0.3) is 0 Å². The van der Waals surface area contributed by atoms with Crippen LogP contribution in [0.25, 0.3) is 9.75 Å². The number of hydrogen-bond acceptors (Lipinski definition) is 2. The van der Waals surface area contributed by atoms with Crippen molar-refractivity contribution in [1.29, 1.82) is 0 Å². The van der Waals surface area contributed by atoms with Crippen LogP contribution in [0.2, 0.25) is 0 Å². The molecule has 0 aromatic carbocycles. The lowest BCUT2D eigenvalue weighted by atomic mass is 9.71. The van der Waals surface area contributed by atoms with Crippen molar-refractivity contribution < 1.29 is 4.48 Å². The van der Waals surface area contributed by atoms with Crippen LogP contribution in [0, 0.1) is 0 Å². The molecule has 0 fully saturated rings. The van der Waals surface area contributed by atoms with Crippen LogP contribution in [0.15, 0.2) is 22.9 Å². The van der Waals surface area contributed by atoms with Crippen molar-refractivity contribution in [3.63, 3.8) is 0 Å². The Morgan fingerprint density at radius 3 is 1.93 bits per heavy atom. The van der Waals surface area contributed by atoms with Gasteiger partial charge in [-0.15, -0.1) is 22.7 Å². The Hall–Kier alpha value is -0.640. The molecule has 3 rings (SSSR count). The fourth-order valence-corrected chi connectivity index (χ4v) is 6.82. The van der Waals surface area contributed by atoms with Gasteiger partial charge in [-0.3, -0.25) is 0 Å². The highest BCUT2D eigenvalue weighted by molar-refractivity contribution is 7.21. The quantitative estimate of drug-likeness (QED) is 0.266. The molecule has 2 aromatic rings. The van der Waals surface area contributed by atoms with Gasteiger partial charge in [0.15, 0.2) is 0 Å². The van der Waals surface area contributed by atoms with Crippen molar-refractivity contribution >= 4 is 22.7 Å². The van der Waals surface area contributed by atoms with E-state index in [4.69, 9.17) is 0 Å². The second-order valence-electron chi connectivity index (χ2n) is 9.43. The fourth-order valence-electron chi connectivity index (χ4n) is 4.64. The highest BCUT2D eigenvalue weighted by Gasteiger charge is 2.43. The molecule has 27 heavy (non-hydrogen) atoms. The lowest BCUT2D eigenvalue weighted by Crippen LogP contribution is -2.43. The first-order valence-corrected chi connectivity index (χ1v) is 12.6. The van der Waals surface area contributed by atoms with Gasteiger partial charge in [0.1, 0.15) is 0 Å². The molecule has 0 saturated heterocycles. The third-order valence-electron chi connectivity index (χ3n) is 6.82. The molecule has 0 aliphatic heterocycles. The Balaban J connectivity index is 1.73. The second-order valence-corrected chi connectivity index (χ2v) is 11.3. The molecule has 150 valence electrons. The van der Waals surface area contributed by atoms with Gasteiger partial charge in [-0.1, -0.05) is 39.0 Å². The molecule has 1 aliphatic rings. The van der Waals surface area contributed by atoms with E-state index >= 15 is 0 Å². The van der Waals surface area contributed by atoms with E-state index < -0.39 is 0 Å². The first-order valence-electron chi connectivity index (χ1n) is 10.9. The third kappa shape index (κ3) is 4.36. The van der Waals surface area contributed by atoms with Crippen molar-refractivity contribution in [2.75, 3.05) is 21.1 Å². The maximum atomic E-state index is 2.45. The number of unbranched alkanes of at least 4 members (excludes halogenated alkanes) is 4. The maximum Gasteiger partial charge on any atom is 0.0855 e. The van der Waals surface area contributed by atoms with Crippen molar-refractivity contribution in [2.24, 2.45) is 0 Å². The molecular formula is C24H38NS2+. The molecular weight excluding hydrogens is 366 g/mol. The van der Waals surface area contributed by atoms with Gasteiger partial charge < -0.3 is 4.48 Å². The lowest BCUT2D eigenvalue weighted by molar-refractivity contribution is -0.894. The zero-order valence-corrected chi connectivity index (χ0v) is 19.6. The van der Waals surface area contributed by atoms with E-state index in [1.54, 1.807) is 20.9 Å².